The van der Waals surface area contributed by atoms with Gasteiger partial charge in [0.05, 0.1) is 0 Å². The van der Waals surface area contributed by atoms with Crippen molar-refractivity contribution < 1.29 is 9.47 Å². The van der Waals surface area contributed by atoms with E-state index in [9.17, 15) is 0 Å². The second kappa shape index (κ2) is 4.45. The van der Waals surface area contributed by atoms with Gasteiger partial charge in [-0.2, -0.15) is 0 Å². The van der Waals surface area contributed by atoms with Crippen LogP contribution in [0.4, 0.5) is 5.69 Å². The number of likely N-dealkylation sites (tertiary alicyclic amines) is 1. The van der Waals surface area contributed by atoms with Crippen LogP contribution in [0.1, 0.15) is 12.8 Å². The van der Waals surface area contributed by atoms with E-state index in [0.29, 0.717) is 12.8 Å². The molecule has 3 rings (SSSR count). The SMILES string of the molecule is CN1CCC(Nc2ccc3c(c2)OCO3)CC1. The molecule has 2 aliphatic rings. The fraction of sp³-hybridized carbons (Fsp3) is 0.538. The number of fused-ring (bicyclic) bond motifs is 1. The molecule has 4 heteroatoms. The third-order valence-corrected chi connectivity index (χ3v) is 3.46. The van der Waals surface area contributed by atoms with Gasteiger partial charge in [0.2, 0.25) is 6.79 Å². The highest BCUT2D eigenvalue weighted by Crippen LogP contribution is 2.34. The third kappa shape index (κ3) is 2.31. The predicted molar refractivity (Wildman–Crippen MR) is 66.7 cm³/mol. The lowest BCUT2D eigenvalue weighted by Crippen LogP contribution is -2.36. The summed E-state index contributed by atoms with van der Waals surface area (Å²) < 4.78 is 10.7. The molecule has 0 atom stereocenters. The summed E-state index contributed by atoms with van der Waals surface area (Å²) in [5.41, 5.74) is 1.13. The molecule has 0 amide bonds. The van der Waals surface area contributed by atoms with Crippen molar-refractivity contribution in [2.75, 3.05) is 32.2 Å². The number of anilines is 1. The number of hydrogen-bond acceptors (Lipinski definition) is 4. The Morgan fingerprint density at radius 3 is 2.76 bits per heavy atom. The Labute approximate surface area is 102 Å². The maximum atomic E-state index is 5.37. The number of ether oxygens (including phenoxy) is 2. The summed E-state index contributed by atoms with van der Waals surface area (Å²) in [7, 11) is 2.18. The Bertz CT molecular complexity index is 400. The van der Waals surface area contributed by atoms with Crippen LogP contribution in [-0.2, 0) is 0 Å². The largest absolute Gasteiger partial charge is 0.454 e. The topological polar surface area (TPSA) is 33.7 Å². The molecule has 4 nitrogen and oxygen atoms in total. The van der Waals surface area contributed by atoms with Gasteiger partial charge in [0.15, 0.2) is 11.5 Å². The maximum Gasteiger partial charge on any atom is 0.231 e. The number of piperidine rings is 1. The fourth-order valence-corrected chi connectivity index (χ4v) is 2.37. The molecular weight excluding hydrogens is 216 g/mol. The molecule has 1 aromatic rings. The molecule has 2 heterocycles. The standard InChI is InChI=1S/C13H18N2O2/c1-15-6-4-10(5-7-15)14-11-2-3-12-13(8-11)17-9-16-12/h2-3,8,10,14H,4-7,9H2,1H3. The van der Waals surface area contributed by atoms with E-state index in [1.165, 1.54) is 25.9 Å². The van der Waals surface area contributed by atoms with Crippen molar-refractivity contribution in [1.82, 2.24) is 4.90 Å². The second-order valence-electron chi connectivity index (χ2n) is 4.79. The Hall–Kier alpha value is -1.42. The zero-order chi connectivity index (χ0) is 11.7. The summed E-state index contributed by atoms with van der Waals surface area (Å²) in [6.07, 6.45) is 2.40. The van der Waals surface area contributed by atoms with Gasteiger partial charge < -0.3 is 19.7 Å². The smallest absolute Gasteiger partial charge is 0.231 e. The minimum absolute atomic E-state index is 0.340. The zero-order valence-electron chi connectivity index (χ0n) is 10.1. The highest BCUT2D eigenvalue weighted by atomic mass is 16.7. The molecule has 0 bridgehead atoms. The number of nitrogens with zero attached hydrogens (tertiary/aromatic N) is 1. The molecule has 0 aromatic heterocycles. The van der Waals surface area contributed by atoms with Gasteiger partial charge in [-0.05, 0) is 45.1 Å². The second-order valence-corrected chi connectivity index (χ2v) is 4.79. The number of hydrogen-bond donors (Lipinski definition) is 1. The van der Waals surface area contributed by atoms with Crippen LogP contribution in [0.3, 0.4) is 0 Å². The van der Waals surface area contributed by atoms with Gasteiger partial charge in [0.25, 0.3) is 0 Å². The first-order valence-electron chi connectivity index (χ1n) is 6.16. The van der Waals surface area contributed by atoms with E-state index in [-0.39, 0.29) is 0 Å². The quantitative estimate of drug-likeness (QED) is 0.847. The van der Waals surface area contributed by atoms with Crippen LogP contribution in [-0.4, -0.2) is 37.9 Å². The monoisotopic (exact) mass is 234 g/mol. The van der Waals surface area contributed by atoms with Gasteiger partial charge in [0.1, 0.15) is 0 Å². The lowest BCUT2D eigenvalue weighted by molar-refractivity contribution is 0.174. The third-order valence-electron chi connectivity index (χ3n) is 3.46. The van der Waals surface area contributed by atoms with Crippen LogP contribution in [0, 0.1) is 0 Å². The first kappa shape index (κ1) is 10.7. The Kier molecular flexibility index (Phi) is 2.81. The lowest BCUT2D eigenvalue weighted by atomic mass is 10.1. The summed E-state index contributed by atoms with van der Waals surface area (Å²) in [5.74, 6) is 1.70. The van der Waals surface area contributed by atoms with Gasteiger partial charge in [-0.1, -0.05) is 0 Å². The van der Waals surface area contributed by atoms with Crippen LogP contribution in [0.15, 0.2) is 18.2 Å². The minimum Gasteiger partial charge on any atom is -0.454 e. The van der Waals surface area contributed by atoms with Crippen molar-refractivity contribution in [3.05, 3.63) is 18.2 Å². The van der Waals surface area contributed by atoms with E-state index in [2.05, 4.69) is 23.3 Å². The first-order valence-corrected chi connectivity index (χ1v) is 6.16. The number of rotatable bonds is 2. The van der Waals surface area contributed by atoms with E-state index in [1.54, 1.807) is 0 Å². The van der Waals surface area contributed by atoms with Crippen molar-refractivity contribution in [3.63, 3.8) is 0 Å². The predicted octanol–water partition coefficient (Wildman–Crippen LogP) is 1.92. The summed E-state index contributed by atoms with van der Waals surface area (Å²) in [5, 5.41) is 3.57. The fourth-order valence-electron chi connectivity index (χ4n) is 2.37. The van der Waals surface area contributed by atoms with Crippen LogP contribution >= 0.6 is 0 Å². The highest BCUT2D eigenvalue weighted by molar-refractivity contribution is 5.56. The van der Waals surface area contributed by atoms with Crippen molar-refractivity contribution in [3.8, 4) is 11.5 Å². The Balaban J connectivity index is 1.65. The summed E-state index contributed by atoms with van der Waals surface area (Å²) >= 11 is 0. The Morgan fingerprint density at radius 1 is 1.18 bits per heavy atom. The summed E-state index contributed by atoms with van der Waals surface area (Å²) in [4.78, 5) is 2.37. The molecule has 1 fully saturated rings. The van der Waals surface area contributed by atoms with Crippen molar-refractivity contribution in [2.24, 2.45) is 0 Å². The van der Waals surface area contributed by atoms with E-state index in [1.807, 2.05) is 12.1 Å². The molecular formula is C13H18N2O2. The van der Waals surface area contributed by atoms with Gasteiger partial charge >= 0.3 is 0 Å². The average Bonchev–Trinajstić information content (AvgIpc) is 2.79. The average molecular weight is 234 g/mol. The molecule has 0 spiro atoms. The summed E-state index contributed by atoms with van der Waals surface area (Å²) in [6.45, 7) is 2.68. The van der Waals surface area contributed by atoms with Crippen molar-refractivity contribution in [2.45, 2.75) is 18.9 Å². The van der Waals surface area contributed by atoms with Crippen molar-refractivity contribution in [1.29, 1.82) is 0 Å². The first-order chi connectivity index (χ1) is 8.31. The molecule has 1 saturated heterocycles. The molecule has 2 aliphatic heterocycles. The molecule has 0 unspecified atom stereocenters. The van der Waals surface area contributed by atoms with E-state index in [4.69, 9.17) is 9.47 Å². The number of benzene rings is 1. The molecule has 1 N–H and O–H groups in total. The lowest BCUT2D eigenvalue weighted by Gasteiger charge is -2.30. The molecule has 0 aliphatic carbocycles. The highest BCUT2D eigenvalue weighted by Gasteiger charge is 2.18. The van der Waals surface area contributed by atoms with Crippen LogP contribution in [0.2, 0.25) is 0 Å². The minimum atomic E-state index is 0.340. The van der Waals surface area contributed by atoms with E-state index < -0.39 is 0 Å². The van der Waals surface area contributed by atoms with Gasteiger partial charge in [-0.25, -0.2) is 0 Å². The molecule has 0 radical (unpaired) electrons. The molecule has 92 valence electrons. The maximum absolute atomic E-state index is 5.37. The van der Waals surface area contributed by atoms with Gasteiger partial charge in [-0.3, -0.25) is 0 Å². The normalized spacial score (nSPS) is 20.5. The molecule has 1 aromatic carbocycles. The van der Waals surface area contributed by atoms with E-state index >= 15 is 0 Å². The van der Waals surface area contributed by atoms with Crippen LogP contribution in [0.25, 0.3) is 0 Å². The van der Waals surface area contributed by atoms with Crippen LogP contribution < -0.4 is 14.8 Å². The zero-order valence-corrected chi connectivity index (χ0v) is 10.1. The van der Waals surface area contributed by atoms with Gasteiger partial charge in [-0.15, -0.1) is 0 Å². The van der Waals surface area contributed by atoms with Gasteiger partial charge in [0, 0.05) is 17.8 Å². The molecule has 0 saturated carbocycles. The number of nitrogens with one attached hydrogen (secondary N) is 1. The van der Waals surface area contributed by atoms with Crippen molar-refractivity contribution >= 4 is 5.69 Å². The van der Waals surface area contributed by atoms with E-state index in [0.717, 1.165) is 17.2 Å². The molecule has 17 heavy (non-hydrogen) atoms. The van der Waals surface area contributed by atoms with Crippen LogP contribution in [0.5, 0.6) is 11.5 Å². The Morgan fingerprint density at radius 2 is 1.94 bits per heavy atom. The summed E-state index contributed by atoms with van der Waals surface area (Å²) in [6, 6.07) is 6.64.